The molecule has 0 saturated heterocycles. The molecule has 0 unspecified atom stereocenters. The van der Waals surface area contributed by atoms with Gasteiger partial charge in [0, 0.05) is 17.6 Å². The standard InChI is InChI=1S/C20H18N2O4S2/c1-3-14-9-11-19(27-14)28(24,25)21-13-8-10-17-15(12-13)20(23)22(2)16-6-4-5-7-18(16)26-17/h4-12,21H,3H2,1-2H3. The van der Waals surface area contributed by atoms with Gasteiger partial charge in [-0.05, 0) is 48.9 Å². The average molecular weight is 415 g/mol. The molecule has 0 radical (unpaired) electrons. The van der Waals surface area contributed by atoms with E-state index < -0.39 is 10.0 Å². The topological polar surface area (TPSA) is 75.7 Å². The fourth-order valence-electron chi connectivity index (χ4n) is 2.98. The number of benzene rings is 2. The minimum atomic E-state index is -3.72. The number of hydrogen-bond acceptors (Lipinski definition) is 5. The minimum Gasteiger partial charge on any atom is -0.454 e. The maximum atomic E-state index is 12.9. The number of nitrogens with one attached hydrogen (secondary N) is 1. The molecule has 1 amide bonds. The normalized spacial score (nSPS) is 13.4. The van der Waals surface area contributed by atoms with Crippen molar-refractivity contribution in [3.05, 3.63) is 65.0 Å². The maximum absolute atomic E-state index is 12.9. The van der Waals surface area contributed by atoms with Gasteiger partial charge < -0.3 is 9.64 Å². The van der Waals surface area contributed by atoms with Gasteiger partial charge in [-0.1, -0.05) is 19.1 Å². The number of sulfonamides is 1. The number of anilines is 2. The van der Waals surface area contributed by atoms with Gasteiger partial charge >= 0.3 is 0 Å². The van der Waals surface area contributed by atoms with Crippen molar-refractivity contribution in [2.75, 3.05) is 16.7 Å². The number of thiophene rings is 1. The summed E-state index contributed by atoms with van der Waals surface area (Å²) in [6, 6.07) is 15.3. The third kappa shape index (κ3) is 3.25. The van der Waals surface area contributed by atoms with E-state index in [0.717, 1.165) is 11.3 Å². The van der Waals surface area contributed by atoms with Gasteiger partial charge in [-0.15, -0.1) is 11.3 Å². The molecule has 0 bridgehead atoms. The molecule has 4 rings (SSSR count). The Kier molecular flexibility index (Phi) is 4.60. The predicted octanol–water partition coefficient (Wildman–Crippen LogP) is 4.49. The van der Waals surface area contributed by atoms with Crippen LogP contribution in [0.5, 0.6) is 11.5 Å². The van der Waals surface area contributed by atoms with Crippen LogP contribution in [0.4, 0.5) is 11.4 Å². The van der Waals surface area contributed by atoms with Gasteiger partial charge in [0.25, 0.3) is 15.9 Å². The zero-order chi connectivity index (χ0) is 19.9. The minimum absolute atomic E-state index is 0.242. The largest absolute Gasteiger partial charge is 0.454 e. The van der Waals surface area contributed by atoms with Crippen molar-refractivity contribution in [2.45, 2.75) is 17.6 Å². The smallest absolute Gasteiger partial charge is 0.271 e. The van der Waals surface area contributed by atoms with E-state index in [-0.39, 0.29) is 10.1 Å². The first-order valence-corrected chi connectivity index (χ1v) is 11.0. The van der Waals surface area contributed by atoms with Crippen LogP contribution in [0.3, 0.4) is 0 Å². The highest BCUT2D eigenvalue weighted by Gasteiger charge is 2.26. The Balaban J connectivity index is 1.69. The second-order valence-electron chi connectivity index (χ2n) is 6.32. The summed E-state index contributed by atoms with van der Waals surface area (Å²) in [5.74, 6) is 0.677. The zero-order valence-electron chi connectivity index (χ0n) is 15.3. The number of amides is 1. The first kappa shape index (κ1) is 18.5. The summed E-state index contributed by atoms with van der Waals surface area (Å²) in [6.07, 6.45) is 0.776. The van der Waals surface area contributed by atoms with Crippen molar-refractivity contribution in [2.24, 2.45) is 0 Å². The average Bonchev–Trinajstić information content (AvgIpc) is 3.15. The predicted molar refractivity (Wildman–Crippen MR) is 110 cm³/mol. The molecule has 1 aliphatic heterocycles. The van der Waals surface area contributed by atoms with Crippen LogP contribution in [-0.4, -0.2) is 21.4 Å². The molecule has 6 nitrogen and oxygen atoms in total. The molecule has 28 heavy (non-hydrogen) atoms. The first-order valence-electron chi connectivity index (χ1n) is 8.69. The number of para-hydroxylation sites is 2. The van der Waals surface area contributed by atoms with Crippen LogP contribution in [-0.2, 0) is 16.4 Å². The first-order chi connectivity index (χ1) is 13.4. The number of ether oxygens (including phenoxy) is 1. The Hall–Kier alpha value is -2.84. The van der Waals surface area contributed by atoms with Crippen LogP contribution in [0.25, 0.3) is 0 Å². The molecule has 0 spiro atoms. The molecular weight excluding hydrogens is 396 g/mol. The Morgan fingerprint density at radius 3 is 2.61 bits per heavy atom. The van der Waals surface area contributed by atoms with Gasteiger partial charge in [0.05, 0.1) is 11.3 Å². The lowest BCUT2D eigenvalue weighted by Crippen LogP contribution is -2.25. The third-order valence-corrected chi connectivity index (χ3v) is 7.57. The molecule has 1 N–H and O–H groups in total. The number of fused-ring (bicyclic) bond motifs is 2. The molecular formula is C20H18N2O4S2. The highest BCUT2D eigenvalue weighted by Crippen LogP contribution is 2.39. The number of carbonyl (C=O) groups excluding carboxylic acids is 1. The van der Waals surface area contributed by atoms with Crippen molar-refractivity contribution in [3.63, 3.8) is 0 Å². The molecule has 0 saturated carbocycles. The SMILES string of the molecule is CCc1ccc(S(=O)(=O)Nc2ccc3c(c2)C(=O)N(C)c2ccccc2O3)s1. The molecule has 1 aliphatic rings. The van der Waals surface area contributed by atoms with E-state index in [1.807, 2.05) is 19.1 Å². The third-order valence-electron chi connectivity index (χ3n) is 4.46. The lowest BCUT2D eigenvalue weighted by Gasteiger charge is -2.16. The number of hydrogen-bond donors (Lipinski definition) is 1. The lowest BCUT2D eigenvalue weighted by atomic mass is 10.1. The second kappa shape index (κ2) is 6.96. The van der Waals surface area contributed by atoms with Gasteiger partial charge in [0.15, 0.2) is 5.75 Å². The van der Waals surface area contributed by atoms with Crippen molar-refractivity contribution >= 4 is 38.6 Å². The number of nitrogens with zero attached hydrogens (tertiary/aromatic N) is 1. The van der Waals surface area contributed by atoms with Crippen LogP contribution < -0.4 is 14.4 Å². The molecule has 0 fully saturated rings. The number of rotatable bonds is 4. The van der Waals surface area contributed by atoms with E-state index in [1.54, 1.807) is 43.4 Å². The summed E-state index contributed by atoms with van der Waals surface area (Å²) < 4.78 is 34.0. The maximum Gasteiger partial charge on any atom is 0.271 e. The Morgan fingerprint density at radius 1 is 1.07 bits per heavy atom. The summed E-state index contributed by atoms with van der Waals surface area (Å²) in [5.41, 5.74) is 1.25. The molecule has 0 aliphatic carbocycles. The Bertz CT molecular complexity index is 1170. The second-order valence-corrected chi connectivity index (χ2v) is 9.40. The van der Waals surface area contributed by atoms with Crippen LogP contribution >= 0.6 is 11.3 Å². The van der Waals surface area contributed by atoms with E-state index in [0.29, 0.717) is 28.4 Å². The van der Waals surface area contributed by atoms with Crippen LogP contribution in [0, 0.1) is 0 Å². The fraction of sp³-hybridized carbons (Fsp3) is 0.150. The molecule has 2 aromatic carbocycles. The monoisotopic (exact) mass is 414 g/mol. The fourth-order valence-corrected chi connectivity index (χ4v) is 5.32. The lowest BCUT2D eigenvalue weighted by molar-refractivity contribution is 0.0993. The Labute approximate surface area is 167 Å². The van der Waals surface area contributed by atoms with Crippen molar-refractivity contribution in [3.8, 4) is 11.5 Å². The highest BCUT2D eigenvalue weighted by molar-refractivity contribution is 7.94. The molecule has 3 aromatic rings. The van der Waals surface area contributed by atoms with Crippen molar-refractivity contribution < 1.29 is 17.9 Å². The summed E-state index contributed by atoms with van der Waals surface area (Å²) in [5, 5.41) is 0. The Morgan fingerprint density at radius 2 is 1.86 bits per heavy atom. The van der Waals surface area contributed by atoms with Gasteiger partial charge in [-0.3, -0.25) is 9.52 Å². The van der Waals surface area contributed by atoms with Gasteiger partial charge in [-0.2, -0.15) is 0 Å². The number of carbonyl (C=O) groups is 1. The highest BCUT2D eigenvalue weighted by atomic mass is 32.2. The number of aryl methyl sites for hydroxylation is 1. The van der Waals surface area contributed by atoms with Crippen LogP contribution in [0.1, 0.15) is 22.2 Å². The van der Waals surface area contributed by atoms with E-state index in [4.69, 9.17) is 4.74 Å². The zero-order valence-corrected chi connectivity index (χ0v) is 16.9. The van der Waals surface area contributed by atoms with Crippen LogP contribution in [0.15, 0.2) is 58.8 Å². The summed E-state index contributed by atoms with van der Waals surface area (Å²) >= 11 is 1.23. The molecule has 2 heterocycles. The summed E-state index contributed by atoms with van der Waals surface area (Å²) in [4.78, 5) is 15.4. The summed E-state index contributed by atoms with van der Waals surface area (Å²) in [6.45, 7) is 1.97. The van der Waals surface area contributed by atoms with Gasteiger partial charge in [0.2, 0.25) is 0 Å². The van der Waals surface area contributed by atoms with Gasteiger partial charge in [-0.25, -0.2) is 8.42 Å². The van der Waals surface area contributed by atoms with E-state index in [1.165, 1.54) is 22.3 Å². The molecule has 1 aromatic heterocycles. The molecule has 0 atom stereocenters. The van der Waals surface area contributed by atoms with E-state index in [2.05, 4.69) is 4.72 Å². The van der Waals surface area contributed by atoms with E-state index >= 15 is 0 Å². The molecule has 144 valence electrons. The van der Waals surface area contributed by atoms with Crippen molar-refractivity contribution in [1.29, 1.82) is 0 Å². The quantitative estimate of drug-likeness (QED) is 0.682. The van der Waals surface area contributed by atoms with Crippen LogP contribution in [0.2, 0.25) is 0 Å². The molecule has 8 heteroatoms. The van der Waals surface area contributed by atoms with Gasteiger partial charge in [0.1, 0.15) is 9.96 Å². The van der Waals surface area contributed by atoms with Crippen molar-refractivity contribution in [1.82, 2.24) is 0 Å². The van der Waals surface area contributed by atoms with E-state index in [9.17, 15) is 13.2 Å². The summed E-state index contributed by atoms with van der Waals surface area (Å²) in [7, 11) is -2.06.